The Labute approximate surface area is 101 Å². The number of ketones is 1. The summed E-state index contributed by atoms with van der Waals surface area (Å²) in [6.45, 7) is 1.99. The van der Waals surface area contributed by atoms with Gasteiger partial charge in [-0.2, -0.15) is 0 Å². The van der Waals surface area contributed by atoms with E-state index in [1.54, 1.807) is 11.3 Å². The second-order valence-electron chi connectivity index (χ2n) is 4.78. The van der Waals surface area contributed by atoms with Crippen molar-refractivity contribution in [2.24, 2.45) is 5.92 Å². The van der Waals surface area contributed by atoms with Crippen molar-refractivity contribution in [3.8, 4) is 0 Å². The highest BCUT2D eigenvalue weighted by molar-refractivity contribution is 7.09. The first-order valence-corrected chi connectivity index (χ1v) is 7.04. The number of nitrogens with zero attached hydrogens (tertiary/aromatic N) is 1. The third-order valence-electron chi connectivity index (χ3n) is 3.29. The summed E-state index contributed by atoms with van der Waals surface area (Å²) in [5.74, 6) is 1.03. The number of carbonyl (C=O) groups excluding carboxylic acids is 1. The van der Waals surface area contributed by atoms with Gasteiger partial charge in [-0.15, -0.1) is 11.3 Å². The lowest BCUT2D eigenvalue weighted by Crippen LogP contribution is -2.13. The summed E-state index contributed by atoms with van der Waals surface area (Å²) < 4.78 is 0. The first kappa shape index (κ1) is 11.8. The average Bonchev–Trinajstić information content (AvgIpc) is 2.65. The fourth-order valence-electron chi connectivity index (χ4n) is 2.48. The van der Waals surface area contributed by atoms with Gasteiger partial charge in [-0.3, -0.25) is 4.79 Å². The molecule has 1 aromatic rings. The van der Waals surface area contributed by atoms with E-state index in [9.17, 15) is 4.79 Å². The minimum atomic E-state index is 0.372. The molecular formula is C13H19NOS. The normalized spacial score (nSPS) is 17.6. The van der Waals surface area contributed by atoms with Gasteiger partial charge in [0.25, 0.3) is 0 Å². The highest BCUT2D eigenvalue weighted by Gasteiger charge is 2.17. The van der Waals surface area contributed by atoms with Gasteiger partial charge in [0, 0.05) is 18.2 Å². The largest absolute Gasteiger partial charge is 0.299 e. The number of aryl methyl sites for hydroxylation is 1. The molecule has 0 N–H and O–H groups in total. The Morgan fingerprint density at radius 3 is 2.81 bits per heavy atom. The van der Waals surface area contributed by atoms with Crippen molar-refractivity contribution in [3.63, 3.8) is 0 Å². The number of Topliss-reactive ketones (excluding diaryl/α,β-unsaturated/α-hetero) is 1. The zero-order valence-electron chi connectivity index (χ0n) is 9.87. The monoisotopic (exact) mass is 237 g/mol. The second-order valence-corrected chi connectivity index (χ2v) is 5.84. The van der Waals surface area contributed by atoms with Crippen LogP contribution in [0.3, 0.4) is 0 Å². The van der Waals surface area contributed by atoms with E-state index in [-0.39, 0.29) is 0 Å². The van der Waals surface area contributed by atoms with Crippen LogP contribution >= 0.6 is 11.3 Å². The summed E-state index contributed by atoms with van der Waals surface area (Å²) in [7, 11) is 0. The Morgan fingerprint density at radius 1 is 1.44 bits per heavy atom. The number of thiazole rings is 1. The Balaban J connectivity index is 1.79. The van der Waals surface area contributed by atoms with E-state index < -0.39 is 0 Å². The lowest BCUT2D eigenvalue weighted by Gasteiger charge is -2.20. The maximum atomic E-state index is 11.9. The van der Waals surface area contributed by atoms with Crippen molar-refractivity contribution < 1.29 is 4.79 Å². The van der Waals surface area contributed by atoms with Crippen molar-refractivity contribution in [2.45, 2.75) is 51.9 Å². The first-order chi connectivity index (χ1) is 7.74. The molecule has 1 aromatic heterocycles. The summed E-state index contributed by atoms with van der Waals surface area (Å²) in [6.07, 6.45) is 7.80. The number of hydrogen-bond acceptors (Lipinski definition) is 3. The van der Waals surface area contributed by atoms with E-state index in [1.807, 2.05) is 12.3 Å². The zero-order chi connectivity index (χ0) is 11.4. The molecule has 0 spiro atoms. The predicted molar refractivity (Wildman–Crippen MR) is 66.8 cm³/mol. The minimum absolute atomic E-state index is 0.372. The molecule has 88 valence electrons. The van der Waals surface area contributed by atoms with Crippen molar-refractivity contribution in [1.29, 1.82) is 0 Å². The highest BCUT2D eigenvalue weighted by atomic mass is 32.1. The number of rotatable bonds is 4. The van der Waals surface area contributed by atoms with E-state index >= 15 is 0 Å². The van der Waals surface area contributed by atoms with Crippen molar-refractivity contribution in [2.75, 3.05) is 0 Å². The molecule has 0 saturated heterocycles. The molecular weight excluding hydrogens is 218 g/mol. The molecule has 2 nitrogen and oxygen atoms in total. The Bertz CT molecular complexity index is 353. The molecule has 16 heavy (non-hydrogen) atoms. The van der Waals surface area contributed by atoms with E-state index in [1.165, 1.54) is 32.1 Å². The molecule has 0 radical (unpaired) electrons. The van der Waals surface area contributed by atoms with E-state index in [4.69, 9.17) is 0 Å². The van der Waals surface area contributed by atoms with Crippen LogP contribution in [0.5, 0.6) is 0 Å². The van der Waals surface area contributed by atoms with Gasteiger partial charge in [0.2, 0.25) is 0 Å². The Hall–Kier alpha value is -0.700. The summed E-state index contributed by atoms with van der Waals surface area (Å²) in [5.41, 5.74) is 0.961. The molecule has 0 unspecified atom stereocenters. The smallest absolute Gasteiger partial charge is 0.139 e. The SMILES string of the molecule is Cc1nc(CC(=O)CC2CCCCC2)cs1. The van der Waals surface area contributed by atoms with Crippen molar-refractivity contribution in [1.82, 2.24) is 4.98 Å². The van der Waals surface area contributed by atoms with E-state index in [0.29, 0.717) is 18.1 Å². The third-order valence-corrected chi connectivity index (χ3v) is 4.11. The van der Waals surface area contributed by atoms with Crippen LogP contribution in [0.2, 0.25) is 0 Å². The third kappa shape index (κ3) is 3.41. The van der Waals surface area contributed by atoms with Crippen LogP contribution in [0, 0.1) is 12.8 Å². The van der Waals surface area contributed by atoms with Gasteiger partial charge >= 0.3 is 0 Å². The van der Waals surface area contributed by atoms with E-state index in [2.05, 4.69) is 4.98 Å². The van der Waals surface area contributed by atoms with Gasteiger partial charge in [0.05, 0.1) is 10.7 Å². The fourth-order valence-corrected chi connectivity index (χ4v) is 3.09. The molecule has 2 rings (SSSR count). The molecule has 0 aliphatic heterocycles. The van der Waals surface area contributed by atoms with Crippen LogP contribution in [0.4, 0.5) is 0 Å². The topological polar surface area (TPSA) is 30.0 Å². The van der Waals surface area contributed by atoms with Crippen molar-refractivity contribution in [3.05, 3.63) is 16.1 Å². The second kappa shape index (κ2) is 5.58. The van der Waals surface area contributed by atoms with Gasteiger partial charge in [-0.1, -0.05) is 32.1 Å². The van der Waals surface area contributed by atoms with Crippen molar-refractivity contribution >= 4 is 17.1 Å². The van der Waals surface area contributed by atoms with Crippen LogP contribution in [0.25, 0.3) is 0 Å². The lowest BCUT2D eigenvalue weighted by molar-refractivity contribution is -0.119. The predicted octanol–water partition coefficient (Wildman–Crippen LogP) is 3.53. The quantitative estimate of drug-likeness (QED) is 0.801. The lowest BCUT2D eigenvalue weighted by atomic mass is 9.85. The van der Waals surface area contributed by atoms with E-state index in [0.717, 1.165) is 17.1 Å². The van der Waals surface area contributed by atoms with Crippen LogP contribution < -0.4 is 0 Å². The molecule has 1 aliphatic rings. The van der Waals surface area contributed by atoms with Crippen LogP contribution in [-0.4, -0.2) is 10.8 Å². The molecule has 1 saturated carbocycles. The van der Waals surface area contributed by atoms with Gasteiger partial charge < -0.3 is 0 Å². The maximum Gasteiger partial charge on any atom is 0.139 e. The molecule has 1 fully saturated rings. The summed E-state index contributed by atoms with van der Waals surface area (Å²) >= 11 is 1.63. The fraction of sp³-hybridized carbons (Fsp3) is 0.692. The maximum absolute atomic E-state index is 11.9. The first-order valence-electron chi connectivity index (χ1n) is 6.17. The summed E-state index contributed by atoms with van der Waals surface area (Å²) in [5, 5.41) is 3.06. The molecule has 1 heterocycles. The Kier molecular flexibility index (Phi) is 4.10. The molecule has 3 heteroatoms. The average molecular weight is 237 g/mol. The van der Waals surface area contributed by atoms with Crippen LogP contribution in [-0.2, 0) is 11.2 Å². The highest BCUT2D eigenvalue weighted by Crippen LogP contribution is 2.26. The molecule has 0 amide bonds. The number of carbonyl (C=O) groups is 1. The van der Waals surface area contributed by atoms with Gasteiger partial charge in [0.1, 0.15) is 5.78 Å². The molecule has 0 bridgehead atoms. The molecule has 0 atom stereocenters. The van der Waals surface area contributed by atoms with Gasteiger partial charge in [0.15, 0.2) is 0 Å². The number of aromatic nitrogens is 1. The van der Waals surface area contributed by atoms with Crippen LogP contribution in [0.1, 0.15) is 49.2 Å². The molecule has 1 aliphatic carbocycles. The summed E-state index contributed by atoms with van der Waals surface area (Å²) in [6, 6.07) is 0. The van der Waals surface area contributed by atoms with Gasteiger partial charge in [-0.25, -0.2) is 4.98 Å². The summed E-state index contributed by atoms with van der Waals surface area (Å²) in [4.78, 5) is 16.2. The van der Waals surface area contributed by atoms with Gasteiger partial charge in [-0.05, 0) is 12.8 Å². The molecule has 0 aromatic carbocycles. The Morgan fingerprint density at radius 2 is 2.19 bits per heavy atom. The standard InChI is InChI=1S/C13H19NOS/c1-10-14-12(9-16-10)8-13(15)7-11-5-3-2-4-6-11/h9,11H,2-8H2,1H3. The zero-order valence-corrected chi connectivity index (χ0v) is 10.7. The minimum Gasteiger partial charge on any atom is -0.299 e. The van der Waals surface area contributed by atoms with Crippen LogP contribution in [0.15, 0.2) is 5.38 Å². The number of hydrogen-bond donors (Lipinski definition) is 0.